The first-order valence-electron chi connectivity index (χ1n) is 8.67. The second kappa shape index (κ2) is 8.27. The fourth-order valence-electron chi connectivity index (χ4n) is 3.03. The highest BCUT2D eigenvalue weighted by atomic mass is 19.4. The van der Waals surface area contributed by atoms with Crippen LogP contribution in [0.2, 0.25) is 0 Å². The maximum absolute atomic E-state index is 13.5. The van der Waals surface area contributed by atoms with Gasteiger partial charge in [-0.25, -0.2) is 8.78 Å². The Morgan fingerprint density at radius 1 is 1.06 bits per heavy atom. The van der Waals surface area contributed by atoms with Crippen LogP contribution in [0.15, 0.2) is 36.4 Å². The molecule has 0 saturated carbocycles. The lowest BCUT2D eigenvalue weighted by molar-refractivity contribution is -0.212. The number of hydrogen-bond donors (Lipinski definition) is 1. The summed E-state index contributed by atoms with van der Waals surface area (Å²) in [5, 5.41) is 10.9. The molecule has 170 valence electrons. The van der Waals surface area contributed by atoms with Gasteiger partial charge in [-0.05, 0) is 30.3 Å². The van der Waals surface area contributed by atoms with Crippen molar-refractivity contribution in [1.82, 2.24) is 0 Å². The Morgan fingerprint density at radius 2 is 1.75 bits per heavy atom. The minimum absolute atomic E-state index is 0.266. The van der Waals surface area contributed by atoms with Gasteiger partial charge in [0.25, 0.3) is 5.91 Å². The minimum Gasteiger partial charge on any atom is -0.335 e. The standard InChI is InChI=1S/C19H11F8N3O2/c20-13-4-2-10(5-14(13)21)29-16(31)15-8-30(17(32-15)19(25,26)27)11-3-1-9(7-28)12(6-11)18(22,23)24/h1-6,15,17H,8H2,(H,29,31). The fourth-order valence-corrected chi connectivity index (χ4v) is 3.03. The molecule has 2 unspecified atom stereocenters. The smallest absolute Gasteiger partial charge is 0.335 e. The summed E-state index contributed by atoms with van der Waals surface area (Å²) in [7, 11) is 0. The van der Waals surface area contributed by atoms with Gasteiger partial charge in [0.1, 0.15) is 0 Å². The number of carbonyl (C=O) groups is 1. The highest BCUT2D eigenvalue weighted by Crippen LogP contribution is 2.39. The van der Waals surface area contributed by atoms with E-state index in [1.807, 2.05) is 0 Å². The monoisotopic (exact) mass is 465 g/mol. The molecule has 1 aliphatic heterocycles. The molecular weight excluding hydrogens is 454 g/mol. The molecular formula is C19H11F8N3O2. The van der Waals surface area contributed by atoms with Crippen LogP contribution in [0.4, 0.5) is 46.5 Å². The van der Waals surface area contributed by atoms with Crippen molar-refractivity contribution in [2.45, 2.75) is 24.7 Å². The van der Waals surface area contributed by atoms with E-state index >= 15 is 0 Å². The Kier molecular flexibility index (Phi) is 6.01. The van der Waals surface area contributed by atoms with Gasteiger partial charge in [0.05, 0.1) is 23.7 Å². The molecule has 2 atom stereocenters. The number of halogens is 8. The normalized spacial score (nSPS) is 19.0. The summed E-state index contributed by atoms with van der Waals surface area (Å²) in [6, 6.07) is 5.48. The topological polar surface area (TPSA) is 65.4 Å². The second-order valence-corrected chi connectivity index (χ2v) is 6.63. The first-order valence-corrected chi connectivity index (χ1v) is 8.67. The predicted octanol–water partition coefficient (Wildman–Crippen LogP) is 4.59. The number of hydrogen-bond acceptors (Lipinski definition) is 4. The molecule has 2 aromatic rings. The van der Waals surface area contributed by atoms with E-state index < -0.39 is 65.6 Å². The second-order valence-electron chi connectivity index (χ2n) is 6.63. The first-order chi connectivity index (χ1) is 14.8. The lowest BCUT2D eigenvalue weighted by atomic mass is 10.1. The van der Waals surface area contributed by atoms with Crippen LogP contribution in [0.5, 0.6) is 0 Å². The van der Waals surface area contributed by atoms with Gasteiger partial charge in [0.2, 0.25) is 6.23 Å². The average molecular weight is 465 g/mol. The van der Waals surface area contributed by atoms with E-state index in [1.165, 1.54) is 6.07 Å². The largest absolute Gasteiger partial charge is 0.433 e. The maximum Gasteiger partial charge on any atom is 0.433 e. The van der Waals surface area contributed by atoms with E-state index in [9.17, 15) is 39.9 Å². The van der Waals surface area contributed by atoms with E-state index in [1.54, 1.807) is 0 Å². The summed E-state index contributed by atoms with van der Waals surface area (Å²) in [4.78, 5) is 12.7. The summed E-state index contributed by atoms with van der Waals surface area (Å²) >= 11 is 0. The van der Waals surface area contributed by atoms with Crippen LogP contribution in [0.1, 0.15) is 11.1 Å². The SMILES string of the molecule is N#Cc1ccc(N2CC(C(=O)Nc3ccc(F)c(F)c3)OC2C(F)(F)F)cc1C(F)(F)F. The van der Waals surface area contributed by atoms with Crippen molar-refractivity contribution < 1.29 is 44.7 Å². The number of anilines is 2. The zero-order valence-electron chi connectivity index (χ0n) is 15.6. The molecule has 1 saturated heterocycles. The molecule has 0 radical (unpaired) electrons. The molecule has 1 amide bonds. The van der Waals surface area contributed by atoms with E-state index in [4.69, 9.17) is 10.00 Å². The van der Waals surface area contributed by atoms with Crippen LogP contribution in [0, 0.1) is 23.0 Å². The summed E-state index contributed by atoms with van der Waals surface area (Å²) in [6.07, 6.45) is -14.7. The molecule has 0 aromatic heterocycles. The Balaban J connectivity index is 1.90. The van der Waals surface area contributed by atoms with Crippen molar-refractivity contribution in [3.05, 3.63) is 59.2 Å². The van der Waals surface area contributed by atoms with E-state index in [0.717, 1.165) is 12.1 Å². The molecule has 0 bridgehead atoms. The zero-order chi connectivity index (χ0) is 23.8. The van der Waals surface area contributed by atoms with Gasteiger partial charge in [0.15, 0.2) is 17.7 Å². The van der Waals surface area contributed by atoms with Gasteiger partial charge in [-0.3, -0.25) is 4.79 Å². The molecule has 32 heavy (non-hydrogen) atoms. The quantitative estimate of drug-likeness (QED) is 0.674. The number of nitriles is 1. The third-order valence-corrected chi connectivity index (χ3v) is 4.46. The minimum atomic E-state index is -5.09. The maximum atomic E-state index is 13.5. The van der Waals surface area contributed by atoms with Gasteiger partial charge in [0, 0.05) is 17.4 Å². The first kappa shape index (κ1) is 23.3. The molecule has 0 aliphatic carbocycles. The van der Waals surface area contributed by atoms with Crippen molar-refractivity contribution in [3.8, 4) is 6.07 Å². The molecule has 13 heteroatoms. The van der Waals surface area contributed by atoms with Gasteiger partial charge >= 0.3 is 12.4 Å². The van der Waals surface area contributed by atoms with Crippen molar-refractivity contribution in [2.75, 3.05) is 16.8 Å². The van der Waals surface area contributed by atoms with Crippen molar-refractivity contribution in [2.24, 2.45) is 0 Å². The molecule has 2 aromatic carbocycles. The van der Waals surface area contributed by atoms with Crippen LogP contribution in [0.25, 0.3) is 0 Å². The number of carbonyl (C=O) groups excluding carboxylic acids is 1. The Bertz CT molecular complexity index is 1080. The third kappa shape index (κ3) is 4.75. The van der Waals surface area contributed by atoms with E-state index in [2.05, 4.69) is 5.32 Å². The number of rotatable bonds is 3. The number of benzene rings is 2. The van der Waals surface area contributed by atoms with Crippen LogP contribution in [-0.4, -0.2) is 31.0 Å². The number of ether oxygens (including phenoxy) is 1. The van der Waals surface area contributed by atoms with Gasteiger partial charge < -0.3 is 15.0 Å². The third-order valence-electron chi connectivity index (χ3n) is 4.46. The van der Waals surface area contributed by atoms with E-state index in [0.29, 0.717) is 29.2 Å². The van der Waals surface area contributed by atoms with Crippen molar-refractivity contribution >= 4 is 17.3 Å². The Hall–Kier alpha value is -3.40. The van der Waals surface area contributed by atoms with E-state index in [-0.39, 0.29) is 5.69 Å². The number of amides is 1. The molecule has 1 fully saturated rings. The van der Waals surface area contributed by atoms with Crippen LogP contribution in [-0.2, 0) is 15.7 Å². The van der Waals surface area contributed by atoms with Crippen molar-refractivity contribution in [3.63, 3.8) is 0 Å². The van der Waals surface area contributed by atoms with Crippen LogP contribution >= 0.6 is 0 Å². The summed E-state index contributed by atoms with van der Waals surface area (Å²) in [6.45, 7) is -0.803. The number of alkyl halides is 6. The zero-order valence-corrected chi connectivity index (χ0v) is 15.6. The fraction of sp³-hybridized carbons (Fsp3) is 0.263. The summed E-state index contributed by atoms with van der Waals surface area (Å²) in [5.41, 5.74) is -3.09. The summed E-state index contributed by atoms with van der Waals surface area (Å²) in [5.74, 6) is -3.69. The van der Waals surface area contributed by atoms with Gasteiger partial charge in [-0.2, -0.15) is 31.6 Å². The van der Waals surface area contributed by atoms with Crippen molar-refractivity contribution in [1.29, 1.82) is 5.26 Å². The lowest BCUT2D eigenvalue weighted by Crippen LogP contribution is -2.42. The molecule has 5 nitrogen and oxygen atoms in total. The Morgan fingerprint density at radius 3 is 2.31 bits per heavy atom. The molecule has 0 spiro atoms. The highest BCUT2D eigenvalue weighted by molar-refractivity contribution is 5.95. The average Bonchev–Trinajstić information content (AvgIpc) is 3.16. The number of nitrogens with zero attached hydrogens (tertiary/aromatic N) is 2. The van der Waals surface area contributed by atoms with Crippen LogP contribution < -0.4 is 10.2 Å². The Labute approximate surface area is 174 Å². The molecule has 1 heterocycles. The number of nitrogens with one attached hydrogen (secondary N) is 1. The molecule has 1 aliphatic rings. The predicted molar refractivity (Wildman–Crippen MR) is 93.2 cm³/mol. The molecule has 3 rings (SSSR count). The van der Waals surface area contributed by atoms with Gasteiger partial charge in [-0.1, -0.05) is 0 Å². The lowest BCUT2D eigenvalue weighted by Gasteiger charge is -2.27. The van der Waals surface area contributed by atoms with Gasteiger partial charge in [-0.15, -0.1) is 0 Å². The highest BCUT2D eigenvalue weighted by Gasteiger charge is 2.52. The van der Waals surface area contributed by atoms with Crippen LogP contribution in [0.3, 0.4) is 0 Å². The summed E-state index contributed by atoms with van der Waals surface area (Å²) < 4.78 is 111. The molecule has 1 N–H and O–H groups in total.